The van der Waals surface area contributed by atoms with Crippen molar-refractivity contribution in [3.8, 4) is 0 Å². The summed E-state index contributed by atoms with van der Waals surface area (Å²) >= 11 is 4.22. The zero-order valence-electron chi connectivity index (χ0n) is 21.9. The fourth-order valence-electron chi connectivity index (χ4n) is 5.00. The molecule has 1 aliphatic heterocycles. The third kappa shape index (κ3) is 5.55. The van der Waals surface area contributed by atoms with E-state index in [1.807, 2.05) is 13.8 Å². The van der Waals surface area contributed by atoms with Crippen LogP contribution in [0.3, 0.4) is 0 Å². The second kappa shape index (κ2) is 11.9. The predicted molar refractivity (Wildman–Crippen MR) is 152 cm³/mol. The van der Waals surface area contributed by atoms with Gasteiger partial charge in [0, 0.05) is 35.9 Å². The van der Waals surface area contributed by atoms with Crippen LogP contribution in [-0.2, 0) is 33.7 Å². The molecule has 0 aromatic carbocycles. The molecule has 204 valence electrons. The fraction of sp³-hybridized carbons (Fsp3) is 0.538. The van der Waals surface area contributed by atoms with Crippen LogP contribution < -0.4 is 10.9 Å². The van der Waals surface area contributed by atoms with E-state index in [0.717, 1.165) is 79.4 Å². The molecule has 4 heterocycles. The predicted octanol–water partition coefficient (Wildman–Crippen LogP) is 3.86. The van der Waals surface area contributed by atoms with Crippen LogP contribution in [0.1, 0.15) is 44.1 Å². The first kappa shape index (κ1) is 27.3. The summed E-state index contributed by atoms with van der Waals surface area (Å²) in [6, 6.07) is 0. The normalized spacial score (nSPS) is 15.7. The number of aromatic nitrogens is 2. The number of thiophene rings is 2. The highest BCUT2D eigenvalue weighted by Crippen LogP contribution is 2.39. The number of aryl methyl sites for hydroxylation is 3. The van der Waals surface area contributed by atoms with Crippen molar-refractivity contribution in [1.82, 2.24) is 14.5 Å². The topological polar surface area (TPSA) is 103 Å². The number of hydrogen-bond acceptors (Lipinski definition) is 10. The van der Waals surface area contributed by atoms with Crippen LogP contribution in [-0.4, -0.2) is 72.0 Å². The summed E-state index contributed by atoms with van der Waals surface area (Å²) < 4.78 is 12.1. The van der Waals surface area contributed by atoms with Gasteiger partial charge in [0.15, 0.2) is 5.16 Å². The Balaban J connectivity index is 1.33. The fourth-order valence-corrected chi connectivity index (χ4v) is 8.19. The maximum atomic E-state index is 13.6. The minimum Gasteiger partial charge on any atom is -0.465 e. The third-order valence-electron chi connectivity index (χ3n) is 7.11. The first-order valence-corrected chi connectivity index (χ1v) is 15.4. The Morgan fingerprint density at radius 1 is 1.16 bits per heavy atom. The van der Waals surface area contributed by atoms with Crippen molar-refractivity contribution in [1.29, 1.82) is 0 Å². The van der Waals surface area contributed by atoms with Crippen molar-refractivity contribution in [2.24, 2.45) is 0 Å². The Labute approximate surface area is 233 Å². The summed E-state index contributed by atoms with van der Waals surface area (Å²) in [5.41, 5.74) is 2.39. The molecule has 1 amide bonds. The van der Waals surface area contributed by atoms with E-state index in [4.69, 9.17) is 14.5 Å². The van der Waals surface area contributed by atoms with Crippen molar-refractivity contribution in [2.75, 3.05) is 51.0 Å². The average Bonchev–Trinajstić information content (AvgIpc) is 3.57. The van der Waals surface area contributed by atoms with E-state index in [0.29, 0.717) is 32.5 Å². The number of nitrogens with one attached hydrogen (secondary N) is 1. The minimum absolute atomic E-state index is 0.0515. The van der Waals surface area contributed by atoms with Gasteiger partial charge in [-0.05, 0) is 50.7 Å². The van der Waals surface area contributed by atoms with Gasteiger partial charge in [-0.2, -0.15) is 0 Å². The molecule has 12 heteroatoms. The number of morpholine rings is 1. The van der Waals surface area contributed by atoms with Crippen LogP contribution in [0.5, 0.6) is 0 Å². The molecule has 1 N–H and O–H groups in total. The Kier molecular flexibility index (Phi) is 8.53. The zero-order chi connectivity index (χ0) is 26.8. The maximum Gasteiger partial charge on any atom is 0.341 e. The Morgan fingerprint density at radius 2 is 1.95 bits per heavy atom. The highest BCUT2D eigenvalue weighted by molar-refractivity contribution is 7.99. The lowest BCUT2D eigenvalue weighted by Gasteiger charge is -2.26. The van der Waals surface area contributed by atoms with E-state index < -0.39 is 5.97 Å². The van der Waals surface area contributed by atoms with Crippen molar-refractivity contribution in [2.45, 2.75) is 51.2 Å². The molecule has 0 unspecified atom stereocenters. The number of amides is 1. The Bertz CT molecular complexity index is 1420. The average molecular weight is 577 g/mol. The molecule has 3 aromatic rings. The summed E-state index contributed by atoms with van der Waals surface area (Å²) in [6.07, 6.45) is 3.54. The van der Waals surface area contributed by atoms with Gasteiger partial charge in [0.05, 0.1) is 37.0 Å². The van der Waals surface area contributed by atoms with Gasteiger partial charge in [-0.25, -0.2) is 9.78 Å². The van der Waals surface area contributed by atoms with Gasteiger partial charge in [0.1, 0.15) is 9.83 Å². The van der Waals surface area contributed by atoms with Gasteiger partial charge in [-0.1, -0.05) is 11.8 Å². The Morgan fingerprint density at radius 3 is 2.71 bits per heavy atom. The molecule has 3 aromatic heterocycles. The van der Waals surface area contributed by atoms with Gasteiger partial charge in [-0.15, -0.1) is 22.7 Å². The summed E-state index contributed by atoms with van der Waals surface area (Å²) in [6.45, 7) is 8.65. The largest absolute Gasteiger partial charge is 0.465 e. The molecule has 0 atom stereocenters. The maximum absolute atomic E-state index is 13.6. The SMILES string of the molecule is COC(=O)c1c(NC(=O)CSc2nc3sc(C)c(C)c3c(=O)n2CCCN2CCOCC2)sc2c1CCC2. The number of ether oxygens (including phenoxy) is 2. The molecule has 0 spiro atoms. The van der Waals surface area contributed by atoms with Crippen molar-refractivity contribution >= 4 is 61.5 Å². The first-order chi connectivity index (χ1) is 18.4. The molecule has 0 bridgehead atoms. The van der Waals surface area contributed by atoms with E-state index in [1.165, 1.54) is 41.5 Å². The van der Waals surface area contributed by atoms with Crippen LogP contribution in [0.25, 0.3) is 10.2 Å². The summed E-state index contributed by atoms with van der Waals surface area (Å²) in [5.74, 6) is -0.585. The molecule has 38 heavy (non-hydrogen) atoms. The standard InChI is InChI=1S/C26H32N4O5S3/c1-15-16(2)37-22-20(15)24(32)30(9-5-8-29-10-12-35-13-11-29)26(28-22)36-14-19(31)27-23-21(25(33)34-3)17-6-4-7-18(17)38-23/h4-14H2,1-3H3,(H,27,31). The number of carbonyl (C=O) groups is 2. The number of thioether (sulfide) groups is 1. The molecular formula is C26H32N4O5S3. The lowest BCUT2D eigenvalue weighted by molar-refractivity contribution is -0.113. The van der Waals surface area contributed by atoms with Gasteiger partial charge in [0.2, 0.25) is 5.91 Å². The van der Waals surface area contributed by atoms with Gasteiger partial charge in [-0.3, -0.25) is 19.1 Å². The van der Waals surface area contributed by atoms with Crippen LogP contribution in [0, 0.1) is 13.8 Å². The monoisotopic (exact) mass is 576 g/mol. The molecular weight excluding hydrogens is 545 g/mol. The Hall–Kier alpha value is -2.25. The molecule has 0 saturated carbocycles. The highest BCUT2D eigenvalue weighted by Gasteiger charge is 2.28. The number of esters is 1. The number of carbonyl (C=O) groups excluding carboxylic acids is 2. The number of rotatable bonds is 9. The minimum atomic E-state index is -0.419. The molecule has 1 aliphatic carbocycles. The van der Waals surface area contributed by atoms with Crippen LogP contribution >= 0.6 is 34.4 Å². The van der Waals surface area contributed by atoms with Gasteiger partial charge >= 0.3 is 5.97 Å². The zero-order valence-corrected chi connectivity index (χ0v) is 24.3. The van der Waals surface area contributed by atoms with Crippen molar-refractivity contribution in [3.63, 3.8) is 0 Å². The second-order valence-corrected chi connectivity index (χ2v) is 12.8. The number of methoxy groups -OCH3 is 1. The van der Waals surface area contributed by atoms with Crippen molar-refractivity contribution < 1.29 is 19.1 Å². The molecule has 1 fully saturated rings. The highest BCUT2D eigenvalue weighted by atomic mass is 32.2. The molecule has 9 nitrogen and oxygen atoms in total. The molecule has 0 radical (unpaired) electrons. The lowest BCUT2D eigenvalue weighted by Crippen LogP contribution is -2.37. The van der Waals surface area contributed by atoms with Crippen LogP contribution in [0.4, 0.5) is 5.00 Å². The van der Waals surface area contributed by atoms with E-state index in [1.54, 1.807) is 4.57 Å². The lowest BCUT2D eigenvalue weighted by atomic mass is 10.1. The molecule has 1 saturated heterocycles. The third-order valence-corrected chi connectivity index (χ3v) is 10.4. The van der Waals surface area contributed by atoms with E-state index in [-0.39, 0.29) is 17.2 Å². The summed E-state index contributed by atoms with van der Waals surface area (Å²) in [5, 5.41) is 4.68. The van der Waals surface area contributed by atoms with Crippen LogP contribution in [0.2, 0.25) is 0 Å². The van der Waals surface area contributed by atoms with Crippen molar-refractivity contribution in [3.05, 3.63) is 36.8 Å². The number of anilines is 1. The van der Waals surface area contributed by atoms with E-state index in [2.05, 4.69) is 10.2 Å². The molecule has 2 aliphatic rings. The van der Waals surface area contributed by atoms with E-state index >= 15 is 0 Å². The quantitative estimate of drug-likeness (QED) is 0.233. The van der Waals surface area contributed by atoms with Gasteiger partial charge in [0.25, 0.3) is 5.56 Å². The number of nitrogens with zero attached hydrogens (tertiary/aromatic N) is 3. The number of fused-ring (bicyclic) bond motifs is 2. The van der Waals surface area contributed by atoms with E-state index in [9.17, 15) is 14.4 Å². The van der Waals surface area contributed by atoms with Gasteiger partial charge < -0.3 is 14.8 Å². The second-order valence-electron chi connectivity index (χ2n) is 9.51. The first-order valence-electron chi connectivity index (χ1n) is 12.8. The summed E-state index contributed by atoms with van der Waals surface area (Å²) in [7, 11) is 1.36. The number of hydrogen-bond donors (Lipinski definition) is 1. The molecule has 5 rings (SSSR count). The summed E-state index contributed by atoms with van der Waals surface area (Å²) in [4.78, 5) is 49.1. The smallest absolute Gasteiger partial charge is 0.341 e. The van der Waals surface area contributed by atoms with Crippen LogP contribution in [0.15, 0.2) is 9.95 Å².